The Kier molecular flexibility index (Phi) is 4.88. The van der Waals surface area contributed by atoms with Crippen molar-refractivity contribution in [3.8, 4) is 0 Å². The molecule has 1 saturated carbocycles. The van der Waals surface area contributed by atoms with Gasteiger partial charge in [0.1, 0.15) is 6.04 Å². The molecule has 1 unspecified atom stereocenters. The Labute approximate surface area is 121 Å². The van der Waals surface area contributed by atoms with E-state index >= 15 is 0 Å². The number of carboxylic acids is 1. The third-order valence-corrected chi connectivity index (χ3v) is 3.83. The van der Waals surface area contributed by atoms with Crippen molar-refractivity contribution in [1.82, 2.24) is 5.32 Å². The molecule has 116 valence electrons. The molecule has 0 heterocycles. The van der Waals surface area contributed by atoms with E-state index in [2.05, 4.69) is 5.32 Å². The molecule has 0 amide bonds. The summed E-state index contributed by atoms with van der Waals surface area (Å²) in [7, 11) is 0. The fourth-order valence-corrected chi connectivity index (χ4v) is 2.68. The fourth-order valence-electron chi connectivity index (χ4n) is 2.68. The number of benzene rings is 1. The van der Waals surface area contributed by atoms with Gasteiger partial charge in [0.05, 0.1) is 5.56 Å². The summed E-state index contributed by atoms with van der Waals surface area (Å²) >= 11 is 0. The summed E-state index contributed by atoms with van der Waals surface area (Å²) in [4.78, 5) is 11.4. The van der Waals surface area contributed by atoms with Gasteiger partial charge in [0.15, 0.2) is 0 Å². The normalized spacial score (nSPS) is 18.4. The van der Waals surface area contributed by atoms with Crippen LogP contribution in [0, 0.1) is 0 Å². The van der Waals surface area contributed by atoms with Crippen LogP contribution in [0.1, 0.15) is 49.3 Å². The highest BCUT2D eigenvalue weighted by atomic mass is 19.4. The molecule has 6 heteroatoms. The van der Waals surface area contributed by atoms with Crippen LogP contribution >= 0.6 is 0 Å². The van der Waals surface area contributed by atoms with E-state index < -0.39 is 23.8 Å². The van der Waals surface area contributed by atoms with Gasteiger partial charge in [-0.25, -0.2) is 0 Å². The average molecular weight is 301 g/mol. The van der Waals surface area contributed by atoms with Gasteiger partial charge < -0.3 is 5.11 Å². The summed E-state index contributed by atoms with van der Waals surface area (Å²) < 4.78 is 37.6. The van der Waals surface area contributed by atoms with Gasteiger partial charge in [-0.05, 0) is 30.5 Å². The average Bonchev–Trinajstić information content (AvgIpc) is 2.45. The van der Waals surface area contributed by atoms with E-state index in [9.17, 15) is 23.1 Å². The van der Waals surface area contributed by atoms with Gasteiger partial charge >= 0.3 is 12.1 Å². The number of hydrogen-bond acceptors (Lipinski definition) is 2. The van der Waals surface area contributed by atoms with Crippen LogP contribution in [0.4, 0.5) is 13.2 Å². The Morgan fingerprint density at radius 2 is 1.71 bits per heavy atom. The molecule has 21 heavy (non-hydrogen) atoms. The van der Waals surface area contributed by atoms with E-state index in [4.69, 9.17) is 0 Å². The lowest BCUT2D eigenvalue weighted by molar-refractivity contribution is -0.140. The summed E-state index contributed by atoms with van der Waals surface area (Å²) in [6.07, 6.45) is 0.660. The van der Waals surface area contributed by atoms with Gasteiger partial charge in [0.25, 0.3) is 0 Å². The first kappa shape index (κ1) is 15.8. The molecular formula is C15H18F3NO2. The smallest absolute Gasteiger partial charge is 0.416 e. The van der Waals surface area contributed by atoms with Crippen LogP contribution in [0.15, 0.2) is 24.3 Å². The van der Waals surface area contributed by atoms with Crippen LogP contribution in [0.25, 0.3) is 0 Å². The molecule has 1 fully saturated rings. The first-order chi connectivity index (χ1) is 9.88. The lowest BCUT2D eigenvalue weighted by atomic mass is 9.94. The van der Waals surface area contributed by atoms with Crippen LogP contribution in [-0.2, 0) is 11.0 Å². The van der Waals surface area contributed by atoms with Crippen LogP contribution < -0.4 is 5.32 Å². The molecule has 1 aliphatic rings. The van der Waals surface area contributed by atoms with Crippen LogP contribution in [0.3, 0.4) is 0 Å². The van der Waals surface area contributed by atoms with Gasteiger partial charge in [-0.1, -0.05) is 31.4 Å². The molecule has 0 aliphatic heterocycles. The third-order valence-electron chi connectivity index (χ3n) is 3.83. The number of rotatable bonds is 4. The zero-order valence-electron chi connectivity index (χ0n) is 11.5. The molecular weight excluding hydrogens is 283 g/mol. The van der Waals surface area contributed by atoms with E-state index in [1.807, 2.05) is 0 Å². The van der Waals surface area contributed by atoms with Crippen molar-refractivity contribution in [2.45, 2.75) is 50.4 Å². The maximum absolute atomic E-state index is 12.5. The highest BCUT2D eigenvalue weighted by Gasteiger charge is 2.31. The molecule has 0 aromatic heterocycles. The SMILES string of the molecule is O=C(O)C(NC1CCCCC1)c1ccc(C(F)(F)F)cc1. The highest BCUT2D eigenvalue weighted by Crippen LogP contribution is 2.30. The van der Waals surface area contributed by atoms with Crippen molar-refractivity contribution >= 4 is 5.97 Å². The van der Waals surface area contributed by atoms with Crippen LogP contribution in [-0.4, -0.2) is 17.1 Å². The first-order valence-electron chi connectivity index (χ1n) is 7.04. The minimum absolute atomic E-state index is 0.113. The molecule has 1 aromatic carbocycles. The number of alkyl halides is 3. The number of aliphatic carboxylic acids is 1. The summed E-state index contributed by atoms with van der Waals surface area (Å²) in [6, 6.07) is 3.47. The number of halogens is 3. The summed E-state index contributed by atoms with van der Waals surface area (Å²) in [5, 5.41) is 12.4. The maximum Gasteiger partial charge on any atom is 0.416 e. The zero-order valence-corrected chi connectivity index (χ0v) is 11.5. The van der Waals surface area contributed by atoms with Gasteiger partial charge in [-0.2, -0.15) is 13.2 Å². The maximum atomic E-state index is 12.5. The lowest BCUT2D eigenvalue weighted by Gasteiger charge is -2.26. The lowest BCUT2D eigenvalue weighted by Crippen LogP contribution is -2.38. The molecule has 0 spiro atoms. The molecule has 2 N–H and O–H groups in total. The largest absolute Gasteiger partial charge is 0.480 e. The third kappa shape index (κ3) is 4.20. The molecule has 1 atom stereocenters. The van der Waals surface area contributed by atoms with Crippen LogP contribution in [0.2, 0.25) is 0 Å². The molecule has 0 bridgehead atoms. The summed E-state index contributed by atoms with van der Waals surface area (Å²) in [5.41, 5.74) is -0.422. The van der Waals surface area contributed by atoms with E-state index in [0.29, 0.717) is 5.56 Å². The van der Waals surface area contributed by atoms with Gasteiger partial charge in [-0.15, -0.1) is 0 Å². The molecule has 1 aromatic rings. The predicted molar refractivity (Wildman–Crippen MR) is 71.8 cm³/mol. The number of hydrogen-bond donors (Lipinski definition) is 2. The second kappa shape index (κ2) is 6.47. The second-order valence-electron chi connectivity index (χ2n) is 5.39. The fraction of sp³-hybridized carbons (Fsp3) is 0.533. The van der Waals surface area contributed by atoms with Crippen molar-refractivity contribution in [3.05, 3.63) is 35.4 Å². The second-order valence-corrected chi connectivity index (χ2v) is 5.39. The zero-order chi connectivity index (χ0) is 15.5. The van der Waals surface area contributed by atoms with E-state index in [0.717, 1.165) is 44.2 Å². The molecule has 2 rings (SSSR count). The molecule has 1 aliphatic carbocycles. The minimum Gasteiger partial charge on any atom is -0.480 e. The highest BCUT2D eigenvalue weighted by molar-refractivity contribution is 5.75. The predicted octanol–water partition coefficient (Wildman–Crippen LogP) is 3.75. The summed E-state index contributed by atoms with van der Waals surface area (Å²) in [5.74, 6) is -1.07. The van der Waals surface area contributed by atoms with Gasteiger partial charge in [0.2, 0.25) is 0 Å². The van der Waals surface area contributed by atoms with E-state index in [-0.39, 0.29) is 6.04 Å². The molecule has 0 saturated heterocycles. The Balaban J connectivity index is 2.12. The topological polar surface area (TPSA) is 49.3 Å². The molecule has 3 nitrogen and oxygen atoms in total. The van der Waals surface area contributed by atoms with E-state index in [1.54, 1.807) is 0 Å². The van der Waals surface area contributed by atoms with Crippen molar-refractivity contribution in [1.29, 1.82) is 0 Å². The number of carboxylic acid groups (broad SMARTS) is 1. The summed E-state index contributed by atoms with van der Waals surface area (Å²) in [6.45, 7) is 0. The number of carbonyl (C=O) groups is 1. The van der Waals surface area contributed by atoms with Crippen molar-refractivity contribution in [3.63, 3.8) is 0 Å². The Morgan fingerprint density at radius 1 is 1.14 bits per heavy atom. The van der Waals surface area contributed by atoms with Gasteiger partial charge in [0, 0.05) is 6.04 Å². The Morgan fingerprint density at radius 3 is 2.19 bits per heavy atom. The van der Waals surface area contributed by atoms with Crippen LogP contribution in [0.5, 0.6) is 0 Å². The van der Waals surface area contributed by atoms with Crippen molar-refractivity contribution in [2.24, 2.45) is 0 Å². The Hall–Kier alpha value is -1.56. The van der Waals surface area contributed by atoms with Crippen molar-refractivity contribution < 1.29 is 23.1 Å². The van der Waals surface area contributed by atoms with Crippen molar-refractivity contribution in [2.75, 3.05) is 0 Å². The molecule has 0 radical (unpaired) electrons. The number of nitrogens with one attached hydrogen (secondary N) is 1. The Bertz CT molecular complexity index is 479. The monoisotopic (exact) mass is 301 g/mol. The van der Waals surface area contributed by atoms with Gasteiger partial charge in [-0.3, -0.25) is 10.1 Å². The minimum atomic E-state index is -4.41. The quantitative estimate of drug-likeness (QED) is 0.890. The first-order valence-corrected chi connectivity index (χ1v) is 7.04. The van der Waals surface area contributed by atoms with E-state index in [1.165, 1.54) is 12.1 Å². The standard InChI is InChI=1S/C15H18F3NO2/c16-15(17,18)11-8-6-10(7-9-11)13(14(20)21)19-12-4-2-1-3-5-12/h6-9,12-13,19H,1-5H2,(H,20,21).